The topological polar surface area (TPSA) is 108 Å². The predicted octanol–water partition coefficient (Wildman–Crippen LogP) is 2.12. The number of fused-ring (bicyclic) bond motifs is 1. The van der Waals surface area contributed by atoms with E-state index in [0.29, 0.717) is 42.4 Å². The molecule has 0 spiro atoms. The minimum atomic E-state index is -0.978. The Morgan fingerprint density at radius 2 is 1.91 bits per heavy atom. The second-order valence-electron chi connectivity index (χ2n) is 7.61. The molecule has 172 valence electrons. The van der Waals surface area contributed by atoms with Crippen LogP contribution in [0.2, 0.25) is 0 Å². The van der Waals surface area contributed by atoms with Crippen LogP contribution in [0, 0.1) is 6.92 Å². The minimum absolute atomic E-state index is 0. The molecule has 0 saturated carbocycles. The molecule has 0 saturated heterocycles. The molecular weight excluding hydrogens is 437 g/mol. The van der Waals surface area contributed by atoms with Crippen molar-refractivity contribution in [3.8, 4) is 5.75 Å². The first-order valence-corrected chi connectivity index (χ1v) is 10.8. The van der Waals surface area contributed by atoms with Crippen molar-refractivity contribution < 1.29 is 19.4 Å². The van der Waals surface area contributed by atoms with Gasteiger partial charge in [-0.3, -0.25) is 14.0 Å². The number of hydrogen-bond donors (Lipinski definition) is 1. The van der Waals surface area contributed by atoms with Crippen LogP contribution in [0.5, 0.6) is 5.75 Å². The molecule has 0 aliphatic heterocycles. The SMILES string of the molecule is CCCc1nn(C)c2c(=O)n(CCOc3ccc(CC(OCC)C(=O)O)cc3)c(C)nc12.[Mg+2]. The standard InChI is InChI=1S/C23H30N4O5.Mg/c1-5-7-18-20-21(26(4)25-18)22(28)27(15(3)24-20)12-13-32-17-10-8-16(9-11-17)14-19(23(29)30)31-6-2;/h8-11,19H,5-7,12-14H2,1-4H3,(H,29,30);/q;+2. The van der Waals surface area contributed by atoms with Crippen LogP contribution in [0.25, 0.3) is 11.0 Å². The van der Waals surface area contributed by atoms with Gasteiger partial charge >= 0.3 is 29.0 Å². The molecule has 2 heterocycles. The van der Waals surface area contributed by atoms with E-state index < -0.39 is 12.1 Å². The van der Waals surface area contributed by atoms with Gasteiger partial charge in [0.05, 0.1) is 12.2 Å². The smallest absolute Gasteiger partial charge is 0.492 e. The molecule has 2 aromatic heterocycles. The van der Waals surface area contributed by atoms with Gasteiger partial charge in [0.2, 0.25) is 0 Å². The zero-order valence-electron chi connectivity index (χ0n) is 19.7. The number of hydrogen-bond acceptors (Lipinski definition) is 6. The Kier molecular flexibility index (Phi) is 9.87. The number of benzene rings is 1. The maximum absolute atomic E-state index is 13.0. The summed E-state index contributed by atoms with van der Waals surface area (Å²) < 4.78 is 14.3. The third-order valence-electron chi connectivity index (χ3n) is 5.26. The van der Waals surface area contributed by atoms with Crippen molar-refractivity contribution in [1.29, 1.82) is 0 Å². The van der Waals surface area contributed by atoms with Crippen LogP contribution in [0.15, 0.2) is 29.1 Å². The van der Waals surface area contributed by atoms with Crippen LogP contribution in [-0.4, -0.2) is 72.8 Å². The molecule has 3 rings (SSSR count). The van der Waals surface area contributed by atoms with Crippen molar-refractivity contribution in [2.75, 3.05) is 13.2 Å². The third kappa shape index (κ3) is 6.33. The van der Waals surface area contributed by atoms with Crippen LogP contribution in [0.3, 0.4) is 0 Å². The average Bonchev–Trinajstić information content (AvgIpc) is 3.06. The molecule has 9 nitrogen and oxygen atoms in total. The molecule has 33 heavy (non-hydrogen) atoms. The number of nitrogens with zero attached hydrogens (tertiary/aromatic N) is 4. The van der Waals surface area contributed by atoms with Gasteiger partial charge in [-0.25, -0.2) is 9.78 Å². The molecule has 0 bridgehead atoms. The number of ether oxygens (including phenoxy) is 2. The second kappa shape index (κ2) is 12.1. The summed E-state index contributed by atoms with van der Waals surface area (Å²) in [6.07, 6.45) is 1.14. The Morgan fingerprint density at radius 1 is 1.21 bits per heavy atom. The summed E-state index contributed by atoms with van der Waals surface area (Å²) in [6.45, 7) is 6.65. The molecule has 0 amide bonds. The summed E-state index contributed by atoms with van der Waals surface area (Å²) in [5, 5.41) is 13.7. The van der Waals surface area contributed by atoms with Gasteiger partial charge in [0.1, 0.15) is 23.7 Å². The van der Waals surface area contributed by atoms with Crippen molar-refractivity contribution in [2.45, 2.75) is 52.7 Å². The van der Waals surface area contributed by atoms with Gasteiger partial charge in [-0.1, -0.05) is 25.5 Å². The third-order valence-corrected chi connectivity index (χ3v) is 5.26. The molecule has 0 aliphatic rings. The number of aromatic nitrogens is 4. The number of carboxylic acid groups (broad SMARTS) is 1. The van der Waals surface area contributed by atoms with E-state index >= 15 is 0 Å². The summed E-state index contributed by atoms with van der Waals surface area (Å²) in [6, 6.07) is 7.21. The van der Waals surface area contributed by atoms with Gasteiger partial charge in [-0.2, -0.15) is 5.10 Å². The summed E-state index contributed by atoms with van der Waals surface area (Å²) >= 11 is 0. The van der Waals surface area contributed by atoms with Crippen LogP contribution >= 0.6 is 0 Å². The second-order valence-corrected chi connectivity index (χ2v) is 7.61. The van der Waals surface area contributed by atoms with Crippen LogP contribution in [0.1, 0.15) is 37.4 Å². The van der Waals surface area contributed by atoms with E-state index in [9.17, 15) is 14.7 Å². The number of aliphatic carboxylic acids is 1. The van der Waals surface area contributed by atoms with E-state index in [1.54, 1.807) is 35.4 Å². The van der Waals surface area contributed by atoms with E-state index in [0.717, 1.165) is 24.1 Å². The number of aryl methyl sites for hydroxylation is 3. The summed E-state index contributed by atoms with van der Waals surface area (Å²) in [7, 11) is 1.77. The molecule has 10 heteroatoms. The van der Waals surface area contributed by atoms with Crippen LogP contribution in [-0.2, 0) is 36.0 Å². The van der Waals surface area contributed by atoms with Crippen molar-refractivity contribution in [3.05, 3.63) is 51.7 Å². The molecule has 1 atom stereocenters. The van der Waals surface area contributed by atoms with Crippen molar-refractivity contribution in [1.82, 2.24) is 19.3 Å². The van der Waals surface area contributed by atoms with E-state index in [-0.39, 0.29) is 35.0 Å². The monoisotopic (exact) mass is 466 g/mol. The molecule has 1 unspecified atom stereocenters. The molecule has 0 fully saturated rings. The van der Waals surface area contributed by atoms with Gasteiger partial charge in [-0.05, 0) is 38.0 Å². The summed E-state index contributed by atoms with van der Waals surface area (Å²) in [4.78, 5) is 28.9. The minimum Gasteiger partial charge on any atom is -0.492 e. The largest absolute Gasteiger partial charge is 2.00 e. The Bertz CT molecular complexity index is 1140. The van der Waals surface area contributed by atoms with Crippen molar-refractivity contribution >= 4 is 40.1 Å². The maximum atomic E-state index is 13.0. The average molecular weight is 467 g/mol. The predicted molar refractivity (Wildman–Crippen MR) is 126 cm³/mol. The van der Waals surface area contributed by atoms with Gasteiger partial charge < -0.3 is 14.6 Å². The molecule has 3 aromatic rings. The summed E-state index contributed by atoms with van der Waals surface area (Å²) in [5.74, 6) is 0.291. The van der Waals surface area contributed by atoms with Crippen LogP contribution < -0.4 is 10.3 Å². The molecule has 1 aromatic carbocycles. The van der Waals surface area contributed by atoms with E-state index in [4.69, 9.17) is 9.47 Å². The Balaban J connectivity index is 0.00000385. The zero-order chi connectivity index (χ0) is 23.3. The van der Waals surface area contributed by atoms with Crippen molar-refractivity contribution in [2.24, 2.45) is 7.05 Å². The Morgan fingerprint density at radius 3 is 2.52 bits per heavy atom. The molecule has 0 radical (unpaired) electrons. The van der Waals surface area contributed by atoms with E-state index in [1.807, 2.05) is 19.1 Å². The fraction of sp³-hybridized carbons (Fsp3) is 0.478. The number of carboxylic acids is 1. The molecular formula is C23H30MgN4O5+2. The molecule has 0 aliphatic carbocycles. The van der Waals surface area contributed by atoms with E-state index in [1.165, 1.54) is 0 Å². The van der Waals surface area contributed by atoms with Gasteiger partial charge in [0.15, 0.2) is 11.6 Å². The van der Waals surface area contributed by atoms with Gasteiger partial charge in [0.25, 0.3) is 5.56 Å². The Labute approximate surface area is 208 Å². The fourth-order valence-electron chi connectivity index (χ4n) is 3.70. The summed E-state index contributed by atoms with van der Waals surface area (Å²) in [5.41, 5.74) is 2.75. The van der Waals surface area contributed by atoms with Gasteiger partial charge in [0, 0.05) is 20.1 Å². The normalized spacial score (nSPS) is 11.9. The number of rotatable bonds is 11. The first kappa shape index (κ1) is 26.8. The first-order chi connectivity index (χ1) is 15.3. The van der Waals surface area contributed by atoms with Crippen molar-refractivity contribution in [3.63, 3.8) is 0 Å². The van der Waals surface area contributed by atoms with E-state index in [2.05, 4.69) is 17.0 Å². The maximum Gasteiger partial charge on any atom is 2.00 e. The number of carbonyl (C=O) groups is 1. The zero-order valence-corrected chi connectivity index (χ0v) is 21.1. The quantitative estimate of drug-likeness (QED) is 0.431. The Hall–Kier alpha value is -2.43. The fourth-order valence-corrected chi connectivity index (χ4v) is 3.70. The van der Waals surface area contributed by atoms with Crippen LogP contribution in [0.4, 0.5) is 0 Å². The first-order valence-electron chi connectivity index (χ1n) is 10.8. The van der Waals surface area contributed by atoms with Gasteiger partial charge in [-0.15, -0.1) is 0 Å². The molecule has 1 N–H and O–H groups in total.